The molecule has 1 aromatic heterocycles. The van der Waals surface area contributed by atoms with Crippen molar-refractivity contribution in [1.82, 2.24) is 20.5 Å². The molecule has 8 heteroatoms. The van der Waals surface area contributed by atoms with Gasteiger partial charge in [-0.25, -0.2) is 4.98 Å². The van der Waals surface area contributed by atoms with Gasteiger partial charge in [0.1, 0.15) is 11.6 Å². The number of halogens is 1. The topological polar surface area (TPSA) is 65.0 Å². The highest BCUT2D eigenvalue weighted by molar-refractivity contribution is 14.0. The predicted octanol–water partition coefficient (Wildman–Crippen LogP) is 3.74. The molecule has 4 rings (SSSR count). The summed E-state index contributed by atoms with van der Waals surface area (Å²) in [4.78, 5) is 13.6. The molecule has 0 spiro atoms. The normalized spacial score (nSPS) is 14.5. The van der Waals surface area contributed by atoms with Gasteiger partial charge >= 0.3 is 0 Å². The van der Waals surface area contributed by atoms with Crippen LogP contribution in [-0.4, -0.2) is 69.3 Å². The Bertz CT molecular complexity index is 1070. The van der Waals surface area contributed by atoms with Gasteiger partial charge in [-0.1, -0.05) is 30.3 Å². The Morgan fingerprint density at radius 2 is 1.79 bits per heavy atom. The van der Waals surface area contributed by atoms with Crippen molar-refractivity contribution in [3.63, 3.8) is 0 Å². The first-order valence-electron chi connectivity index (χ1n) is 11.7. The van der Waals surface area contributed by atoms with Crippen LogP contribution in [0.15, 0.2) is 65.8 Å². The van der Waals surface area contributed by atoms with E-state index in [1.54, 1.807) is 7.05 Å². The Morgan fingerprint density at radius 1 is 1.00 bits per heavy atom. The molecule has 0 amide bonds. The maximum Gasteiger partial charge on any atom is 0.191 e. The van der Waals surface area contributed by atoms with Crippen molar-refractivity contribution in [2.75, 3.05) is 58.3 Å². The zero-order chi connectivity index (χ0) is 22.9. The first-order valence-corrected chi connectivity index (χ1v) is 11.7. The van der Waals surface area contributed by atoms with Gasteiger partial charge in [0.05, 0.1) is 6.61 Å². The fourth-order valence-electron chi connectivity index (χ4n) is 3.91. The van der Waals surface area contributed by atoms with Gasteiger partial charge in [-0.15, -0.1) is 24.0 Å². The number of guanidine groups is 1. The van der Waals surface area contributed by atoms with E-state index >= 15 is 0 Å². The maximum absolute atomic E-state index is 5.92. The second-order valence-electron chi connectivity index (χ2n) is 8.38. The number of nitrogens with one attached hydrogen (secondary N) is 2. The van der Waals surface area contributed by atoms with Gasteiger partial charge in [-0.05, 0) is 54.1 Å². The largest absolute Gasteiger partial charge is 0.494 e. The van der Waals surface area contributed by atoms with Crippen molar-refractivity contribution in [2.24, 2.45) is 4.99 Å². The number of ether oxygens (including phenoxy) is 1. The summed E-state index contributed by atoms with van der Waals surface area (Å²) < 4.78 is 5.92. The van der Waals surface area contributed by atoms with Crippen molar-refractivity contribution in [1.29, 1.82) is 0 Å². The number of aromatic nitrogens is 1. The molecule has 1 aliphatic rings. The van der Waals surface area contributed by atoms with Gasteiger partial charge in [-0.3, -0.25) is 4.99 Å². The number of likely N-dealkylation sites (N-methyl/N-ethyl adjacent to an activating group) is 1. The summed E-state index contributed by atoms with van der Waals surface area (Å²) in [5, 5.41) is 9.19. The lowest BCUT2D eigenvalue weighted by Gasteiger charge is -2.33. The molecule has 0 bridgehead atoms. The molecule has 0 atom stereocenters. The van der Waals surface area contributed by atoms with Gasteiger partial charge in [0.15, 0.2) is 5.96 Å². The molecule has 0 unspecified atom stereocenters. The van der Waals surface area contributed by atoms with Crippen LogP contribution in [0, 0.1) is 0 Å². The maximum atomic E-state index is 5.92. The number of hydrogen-bond acceptors (Lipinski definition) is 5. The molecule has 2 N–H and O–H groups in total. The van der Waals surface area contributed by atoms with E-state index in [0.29, 0.717) is 13.2 Å². The number of nitrogens with zero attached hydrogens (tertiary/aromatic N) is 4. The average Bonchev–Trinajstić information content (AvgIpc) is 2.86. The number of aliphatic imine (C=N–C) groups is 1. The molecule has 0 saturated carbocycles. The van der Waals surface area contributed by atoms with Gasteiger partial charge < -0.3 is 25.2 Å². The van der Waals surface area contributed by atoms with E-state index in [2.05, 4.69) is 79.9 Å². The van der Waals surface area contributed by atoms with E-state index < -0.39 is 0 Å². The molecule has 1 fully saturated rings. The van der Waals surface area contributed by atoms with E-state index in [1.165, 1.54) is 16.3 Å². The molecule has 1 aliphatic heterocycles. The van der Waals surface area contributed by atoms with E-state index in [-0.39, 0.29) is 24.0 Å². The minimum absolute atomic E-state index is 0. The van der Waals surface area contributed by atoms with Crippen molar-refractivity contribution in [3.8, 4) is 5.75 Å². The molecule has 182 valence electrons. The van der Waals surface area contributed by atoms with E-state index in [9.17, 15) is 0 Å². The summed E-state index contributed by atoms with van der Waals surface area (Å²) in [6.45, 7) is 6.33. The third-order valence-electron chi connectivity index (χ3n) is 5.92. The number of hydrogen-bond donors (Lipinski definition) is 2. The Morgan fingerprint density at radius 3 is 2.59 bits per heavy atom. The Balaban J connectivity index is 0.00000324. The van der Waals surface area contributed by atoms with Crippen LogP contribution in [0.5, 0.6) is 5.75 Å². The highest BCUT2D eigenvalue weighted by Crippen LogP contribution is 2.20. The molecule has 1 saturated heterocycles. The van der Waals surface area contributed by atoms with Gasteiger partial charge in [-0.2, -0.15) is 0 Å². The Kier molecular flexibility index (Phi) is 10.2. The van der Waals surface area contributed by atoms with Crippen molar-refractivity contribution >= 4 is 46.5 Å². The van der Waals surface area contributed by atoms with E-state index in [4.69, 9.17) is 4.74 Å². The van der Waals surface area contributed by atoms with Crippen LogP contribution >= 0.6 is 24.0 Å². The van der Waals surface area contributed by atoms with Crippen LogP contribution in [0.3, 0.4) is 0 Å². The fourth-order valence-corrected chi connectivity index (χ4v) is 3.91. The molecule has 3 aromatic rings. The first kappa shape index (κ1) is 26.0. The van der Waals surface area contributed by atoms with Crippen LogP contribution in [0.4, 0.5) is 5.82 Å². The van der Waals surface area contributed by atoms with Crippen LogP contribution in [0.1, 0.15) is 12.0 Å². The summed E-state index contributed by atoms with van der Waals surface area (Å²) in [6.07, 6.45) is 2.78. The van der Waals surface area contributed by atoms with Gasteiger partial charge in [0.2, 0.25) is 0 Å². The van der Waals surface area contributed by atoms with Gasteiger partial charge in [0.25, 0.3) is 0 Å². The average molecular weight is 575 g/mol. The zero-order valence-electron chi connectivity index (χ0n) is 20.0. The number of rotatable bonds is 8. The highest BCUT2D eigenvalue weighted by Gasteiger charge is 2.15. The van der Waals surface area contributed by atoms with E-state index in [0.717, 1.165) is 56.7 Å². The van der Waals surface area contributed by atoms with Crippen molar-refractivity contribution < 1.29 is 4.74 Å². The third kappa shape index (κ3) is 7.46. The van der Waals surface area contributed by atoms with Crippen molar-refractivity contribution in [2.45, 2.75) is 13.0 Å². The molecule has 34 heavy (non-hydrogen) atoms. The lowest BCUT2D eigenvalue weighted by atomic mass is 10.1. The lowest BCUT2D eigenvalue weighted by Crippen LogP contribution is -2.44. The molecule has 2 aromatic carbocycles. The minimum Gasteiger partial charge on any atom is -0.494 e. The quantitative estimate of drug-likeness (QED) is 0.185. The summed E-state index contributed by atoms with van der Waals surface area (Å²) in [5.41, 5.74) is 1.20. The van der Waals surface area contributed by atoms with Crippen LogP contribution < -0.4 is 20.3 Å². The monoisotopic (exact) mass is 574 g/mol. The summed E-state index contributed by atoms with van der Waals surface area (Å²) in [5.74, 6) is 2.75. The Hall–Kier alpha value is -2.59. The van der Waals surface area contributed by atoms with Crippen molar-refractivity contribution in [3.05, 3.63) is 66.4 Å². The Labute approximate surface area is 219 Å². The predicted molar refractivity (Wildman–Crippen MR) is 152 cm³/mol. The molecule has 7 nitrogen and oxygen atoms in total. The third-order valence-corrected chi connectivity index (χ3v) is 5.92. The summed E-state index contributed by atoms with van der Waals surface area (Å²) >= 11 is 0. The fraction of sp³-hybridized carbons (Fsp3) is 0.385. The molecular weight excluding hydrogens is 539 g/mol. The molecule has 2 heterocycles. The molecule has 0 radical (unpaired) electrons. The minimum atomic E-state index is 0. The summed E-state index contributed by atoms with van der Waals surface area (Å²) in [7, 11) is 3.96. The molecular formula is C26H35IN6O. The smallest absolute Gasteiger partial charge is 0.191 e. The standard InChI is InChI=1S/C26H34N6O.HI/c1-27-26(29-11-5-17-33-24-9-8-22-6-3-4-7-23(22)19-24)30-20-21-10-12-28-25(18-21)32-15-13-31(2)14-16-32;/h3-4,6-10,12,18-19H,5,11,13-17,20H2,1-2H3,(H2,27,29,30);1H. The SMILES string of the molecule is CN=C(NCCCOc1ccc2ccccc2c1)NCc1ccnc(N2CCN(C)CC2)c1.I. The number of fused-ring (bicyclic) bond motifs is 1. The highest BCUT2D eigenvalue weighted by atomic mass is 127. The number of piperazine rings is 1. The van der Waals surface area contributed by atoms with Crippen LogP contribution in [-0.2, 0) is 6.54 Å². The summed E-state index contributed by atoms with van der Waals surface area (Å²) in [6, 6.07) is 18.8. The second kappa shape index (κ2) is 13.3. The number of pyridine rings is 1. The molecule has 0 aliphatic carbocycles. The van der Waals surface area contributed by atoms with Crippen LogP contribution in [0.25, 0.3) is 10.8 Å². The lowest BCUT2D eigenvalue weighted by molar-refractivity contribution is 0.311. The first-order chi connectivity index (χ1) is 16.2. The number of benzene rings is 2. The second-order valence-corrected chi connectivity index (χ2v) is 8.38. The van der Waals surface area contributed by atoms with Crippen LogP contribution in [0.2, 0.25) is 0 Å². The number of anilines is 1. The van der Waals surface area contributed by atoms with Gasteiger partial charge in [0, 0.05) is 52.5 Å². The van der Waals surface area contributed by atoms with E-state index in [1.807, 2.05) is 18.3 Å². The zero-order valence-corrected chi connectivity index (χ0v) is 22.4.